The summed E-state index contributed by atoms with van der Waals surface area (Å²) >= 11 is 6.27. The Morgan fingerprint density at radius 3 is 3.00 bits per heavy atom. The third-order valence-electron chi connectivity index (χ3n) is 4.03. The number of hydrogen-bond donors (Lipinski definition) is 1. The quantitative estimate of drug-likeness (QED) is 0.881. The molecule has 2 atom stereocenters. The van der Waals surface area contributed by atoms with E-state index >= 15 is 0 Å². The lowest BCUT2D eigenvalue weighted by Gasteiger charge is -2.39. The molecule has 6 nitrogen and oxygen atoms in total. The molecule has 7 heteroatoms. The minimum absolute atomic E-state index is 0.210. The zero-order valence-electron chi connectivity index (χ0n) is 12.6. The van der Waals surface area contributed by atoms with Gasteiger partial charge in [0.15, 0.2) is 0 Å². The molecule has 0 saturated carbocycles. The topological polar surface area (TPSA) is 73.4 Å². The maximum Gasteiger partial charge on any atom is 0.287 e. The smallest absolute Gasteiger partial charge is 0.287 e. The van der Waals surface area contributed by atoms with Crippen molar-refractivity contribution in [1.82, 2.24) is 9.78 Å². The third kappa shape index (κ3) is 3.56. The summed E-state index contributed by atoms with van der Waals surface area (Å²) in [6, 6.07) is 0.210. The molecule has 2 N–H and O–H groups in total. The van der Waals surface area contributed by atoms with E-state index in [1.807, 2.05) is 0 Å². The van der Waals surface area contributed by atoms with Crippen molar-refractivity contribution in [2.75, 3.05) is 31.7 Å². The van der Waals surface area contributed by atoms with Gasteiger partial charge in [0.1, 0.15) is 5.02 Å². The van der Waals surface area contributed by atoms with E-state index in [4.69, 9.17) is 22.1 Å². The Hall–Kier alpha value is -1.11. The predicted octanol–water partition coefficient (Wildman–Crippen LogP) is 1.11. The van der Waals surface area contributed by atoms with Gasteiger partial charge in [-0.3, -0.25) is 4.79 Å². The van der Waals surface area contributed by atoms with Crippen LogP contribution in [0.5, 0.6) is 0 Å². The van der Waals surface area contributed by atoms with E-state index < -0.39 is 0 Å². The number of piperidine rings is 1. The van der Waals surface area contributed by atoms with Gasteiger partial charge in [0, 0.05) is 26.2 Å². The SMILES string of the molecule is COCCn1ncc(N2CCC(C)CC2CN)c(Cl)c1=O. The molecule has 0 bridgehead atoms. The molecule has 0 amide bonds. The van der Waals surface area contributed by atoms with E-state index in [1.165, 1.54) is 4.68 Å². The lowest BCUT2D eigenvalue weighted by atomic mass is 9.92. The van der Waals surface area contributed by atoms with Crippen molar-refractivity contribution in [1.29, 1.82) is 0 Å². The average molecular weight is 315 g/mol. The summed E-state index contributed by atoms with van der Waals surface area (Å²) in [6.45, 7) is 4.45. The highest BCUT2D eigenvalue weighted by Gasteiger charge is 2.28. The van der Waals surface area contributed by atoms with Gasteiger partial charge in [-0.15, -0.1) is 0 Å². The number of aromatic nitrogens is 2. The lowest BCUT2D eigenvalue weighted by molar-refractivity contribution is 0.182. The first-order valence-corrected chi connectivity index (χ1v) is 7.67. The summed E-state index contributed by atoms with van der Waals surface area (Å²) in [5.74, 6) is 0.642. The van der Waals surface area contributed by atoms with Gasteiger partial charge < -0.3 is 15.4 Å². The van der Waals surface area contributed by atoms with Crippen molar-refractivity contribution in [3.05, 3.63) is 21.6 Å². The number of ether oxygens (including phenoxy) is 1. The molecule has 2 heterocycles. The number of hydrogen-bond acceptors (Lipinski definition) is 5. The van der Waals surface area contributed by atoms with Crippen molar-refractivity contribution in [3.8, 4) is 0 Å². The molecule has 1 aromatic heterocycles. The number of nitrogens with two attached hydrogens (primary N) is 1. The van der Waals surface area contributed by atoms with Gasteiger partial charge in [-0.1, -0.05) is 18.5 Å². The summed E-state index contributed by atoms with van der Waals surface area (Å²) < 4.78 is 6.30. The van der Waals surface area contributed by atoms with Gasteiger partial charge in [-0.25, -0.2) is 4.68 Å². The van der Waals surface area contributed by atoms with Crippen molar-refractivity contribution in [2.45, 2.75) is 32.4 Å². The summed E-state index contributed by atoms with van der Waals surface area (Å²) in [5.41, 5.74) is 6.29. The summed E-state index contributed by atoms with van der Waals surface area (Å²) in [5, 5.41) is 4.41. The number of rotatable bonds is 5. The normalized spacial score (nSPS) is 22.6. The zero-order valence-corrected chi connectivity index (χ0v) is 13.3. The molecule has 0 spiro atoms. The van der Waals surface area contributed by atoms with Gasteiger partial charge in [0.25, 0.3) is 5.56 Å². The van der Waals surface area contributed by atoms with Crippen LogP contribution in [0.25, 0.3) is 0 Å². The van der Waals surface area contributed by atoms with Gasteiger partial charge in [-0.2, -0.15) is 5.10 Å². The zero-order chi connectivity index (χ0) is 15.4. The Kier molecular flexibility index (Phi) is 5.61. The Balaban J connectivity index is 2.27. The molecule has 1 saturated heterocycles. The third-order valence-corrected chi connectivity index (χ3v) is 4.39. The first-order chi connectivity index (χ1) is 10.1. The van der Waals surface area contributed by atoms with Crippen LogP contribution in [0.3, 0.4) is 0 Å². The molecule has 0 aromatic carbocycles. The fraction of sp³-hybridized carbons (Fsp3) is 0.714. The summed E-state index contributed by atoms with van der Waals surface area (Å²) in [7, 11) is 1.59. The average Bonchev–Trinajstić information content (AvgIpc) is 2.49. The van der Waals surface area contributed by atoms with Crippen LogP contribution in [-0.2, 0) is 11.3 Å². The van der Waals surface area contributed by atoms with Crippen LogP contribution >= 0.6 is 11.6 Å². The predicted molar refractivity (Wildman–Crippen MR) is 84.0 cm³/mol. The molecule has 2 rings (SSSR count). The molecular weight excluding hydrogens is 292 g/mol. The minimum atomic E-state index is -0.277. The molecule has 118 valence electrons. The second-order valence-corrected chi connectivity index (χ2v) is 5.96. The standard InChI is InChI=1S/C14H23ClN4O2/c1-10-3-4-18(11(7-10)8-16)12-9-17-19(5-6-21-2)14(20)13(12)15/h9-11H,3-8,16H2,1-2H3. The fourth-order valence-electron chi connectivity index (χ4n) is 2.79. The first kappa shape index (κ1) is 16.3. The largest absolute Gasteiger partial charge is 0.383 e. The number of methoxy groups -OCH3 is 1. The molecule has 21 heavy (non-hydrogen) atoms. The Morgan fingerprint density at radius 1 is 1.57 bits per heavy atom. The van der Waals surface area contributed by atoms with Crippen LogP contribution in [-0.4, -0.2) is 42.6 Å². The van der Waals surface area contributed by atoms with E-state index in [9.17, 15) is 4.79 Å². The van der Waals surface area contributed by atoms with Crippen LogP contribution in [0.4, 0.5) is 5.69 Å². The second-order valence-electron chi connectivity index (χ2n) is 5.58. The number of halogens is 1. The Morgan fingerprint density at radius 2 is 2.33 bits per heavy atom. The van der Waals surface area contributed by atoms with Gasteiger partial charge in [0.05, 0.1) is 25.0 Å². The van der Waals surface area contributed by atoms with Crippen LogP contribution in [0.15, 0.2) is 11.0 Å². The Bertz CT molecular complexity index is 534. The van der Waals surface area contributed by atoms with Gasteiger partial charge in [0.2, 0.25) is 0 Å². The van der Waals surface area contributed by atoms with E-state index in [-0.39, 0.29) is 16.6 Å². The minimum Gasteiger partial charge on any atom is -0.383 e. The Labute approximate surface area is 129 Å². The molecule has 1 fully saturated rings. The van der Waals surface area contributed by atoms with E-state index in [2.05, 4.69) is 16.9 Å². The monoisotopic (exact) mass is 314 g/mol. The lowest BCUT2D eigenvalue weighted by Crippen LogP contribution is -2.47. The highest BCUT2D eigenvalue weighted by atomic mass is 35.5. The molecular formula is C14H23ClN4O2. The van der Waals surface area contributed by atoms with Crippen molar-refractivity contribution in [3.63, 3.8) is 0 Å². The van der Waals surface area contributed by atoms with Gasteiger partial charge >= 0.3 is 0 Å². The van der Waals surface area contributed by atoms with E-state index in [1.54, 1.807) is 13.3 Å². The van der Waals surface area contributed by atoms with Crippen LogP contribution in [0, 0.1) is 5.92 Å². The van der Waals surface area contributed by atoms with Crippen LogP contribution < -0.4 is 16.2 Å². The van der Waals surface area contributed by atoms with Crippen molar-refractivity contribution < 1.29 is 4.74 Å². The highest BCUT2D eigenvalue weighted by Crippen LogP contribution is 2.30. The molecule has 2 unspecified atom stereocenters. The maximum atomic E-state index is 12.3. The molecule has 0 aliphatic carbocycles. The van der Waals surface area contributed by atoms with Crippen LogP contribution in [0.2, 0.25) is 5.02 Å². The second kappa shape index (κ2) is 7.24. The fourth-order valence-corrected chi connectivity index (χ4v) is 3.04. The summed E-state index contributed by atoms with van der Waals surface area (Å²) in [4.78, 5) is 14.4. The molecule has 1 aromatic rings. The van der Waals surface area contributed by atoms with Gasteiger partial charge in [-0.05, 0) is 18.8 Å². The number of anilines is 1. The number of nitrogens with zero attached hydrogens (tertiary/aromatic N) is 3. The molecule has 0 radical (unpaired) electrons. The summed E-state index contributed by atoms with van der Waals surface area (Å²) in [6.07, 6.45) is 3.75. The molecule has 1 aliphatic rings. The highest BCUT2D eigenvalue weighted by molar-refractivity contribution is 6.33. The first-order valence-electron chi connectivity index (χ1n) is 7.29. The maximum absolute atomic E-state index is 12.3. The van der Waals surface area contributed by atoms with Crippen molar-refractivity contribution >= 4 is 17.3 Å². The van der Waals surface area contributed by atoms with Crippen LogP contribution in [0.1, 0.15) is 19.8 Å². The van der Waals surface area contributed by atoms with E-state index in [0.717, 1.165) is 19.4 Å². The van der Waals surface area contributed by atoms with Crippen molar-refractivity contribution in [2.24, 2.45) is 11.7 Å². The van der Waals surface area contributed by atoms with E-state index in [0.29, 0.717) is 31.3 Å². The molecule has 1 aliphatic heterocycles.